The number of carbonyl (C=O) groups is 1. The molecule has 1 amide bonds. The van der Waals surface area contributed by atoms with Crippen LogP contribution in [0.1, 0.15) is 17.3 Å². The Morgan fingerprint density at radius 2 is 1.78 bits per heavy atom. The highest BCUT2D eigenvalue weighted by Crippen LogP contribution is 2.22. The molecule has 0 saturated carbocycles. The number of nitrogens with one attached hydrogen (secondary N) is 2. The zero-order valence-electron chi connectivity index (χ0n) is 11.2. The quantitative estimate of drug-likeness (QED) is 0.794. The fraction of sp³-hybridized carbons (Fsp3) is 0.462. The van der Waals surface area contributed by atoms with Crippen LogP contribution < -0.4 is 20.1 Å². The van der Waals surface area contributed by atoms with Crippen LogP contribution in [0.5, 0.6) is 11.5 Å². The number of methoxy groups -OCH3 is 2. The van der Waals surface area contributed by atoms with Crippen molar-refractivity contribution in [3.05, 3.63) is 23.8 Å². The molecule has 0 radical (unpaired) electrons. The van der Waals surface area contributed by atoms with Gasteiger partial charge in [0, 0.05) is 24.2 Å². The molecule has 5 heteroatoms. The summed E-state index contributed by atoms with van der Waals surface area (Å²) in [5.41, 5.74) is 0.523. The number of hydrogen-bond donors (Lipinski definition) is 2. The summed E-state index contributed by atoms with van der Waals surface area (Å²) in [6, 6.07) is 5.32. The Balaban J connectivity index is 2.78. The fourth-order valence-electron chi connectivity index (χ4n) is 1.39. The zero-order chi connectivity index (χ0) is 13.5. The van der Waals surface area contributed by atoms with Gasteiger partial charge in [0.05, 0.1) is 14.2 Å². The lowest BCUT2D eigenvalue weighted by molar-refractivity contribution is 0.0950. The Morgan fingerprint density at radius 1 is 1.22 bits per heavy atom. The van der Waals surface area contributed by atoms with E-state index >= 15 is 0 Å². The van der Waals surface area contributed by atoms with Gasteiger partial charge in [-0.1, -0.05) is 0 Å². The second-order valence-electron chi connectivity index (χ2n) is 4.00. The first-order valence-electron chi connectivity index (χ1n) is 5.79. The third kappa shape index (κ3) is 3.92. The molecule has 1 rings (SSSR count). The average molecular weight is 252 g/mol. The fourth-order valence-corrected chi connectivity index (χ4v) is 1.39. The zero-order valence-corrected chi connectivity index (χ0v) is 11.2. The van der Waals surface area contributed by atoms with Gasteiger partial charge >= 0.3 is 0 Å². The van der Waals surface area contributed by atoms with Gasteiger partial charge in [0.15, 0.2) is 0 Å². The van der Waals surface area contributed by atoms with Gasteiger partial charge in [0.25, 0.3) is 5.91 Å². The molecule has 0 saturated heterocycles. The molecule has 1 aromatic rings. The number of amides is 1. The van der Waals surface area contributed by atoms with Crippen molar-refractivity contribution in [3.63, 3.8) is 0 Å². The van der Waals surface area contributed by atoms with Crippen molar-refractivity contribution in [3.8, 4) is 11.5 Å². The maximum Gasteiger partial charge on any atom is 0.251 e. The lowest BCUT2D eigenvalue weighted by Crippen LogP contribution is -2.37. The maximum absolute atomic E-state index is 12.0. The van der Waals surface area contributed by atoms with Gasteiger partial charge in [0.1, 0.15) is 11.5 Å². The Bertz CT molecular complexity index is 385. The molecule has 0 fully saturated rings. The summed E-state index contributed by atoms with van der Waals surface area (Å²) in [5.74, 6) is 1.05. The van der Waals surface area contributed by atoms with Gasteiger partial charge in [-0.25, -0.2) is 0 Å². The molecule has 5 nitrogen and oxygen atoms in total. The molecule has 0 aliphatic carbocycles. The second kappa shape index (κ2) is 6.86. The molecular weight excluding hydrogens is 232 g/mol. The molecule has 0 spiro atoms. The topological polar surface area (TPSA) is 59.6 Å². The molecular formula is C13H20N2O3. The predicted molar refractivity (Wildman–Crippen MR) is 70.4 cm³/mol. The molecule has 1 unspecified atom stereocenters. The minimum absolute atomic E-state index is 0.144. The first-order valence-corrected chi connectivity index (χ1v) is 5.79. The monoisotopic (exact) mass is 252 g/mol. The van der Waals surface area contributed by atoms with Crippen LogP contribution in [-0.2, 0) is 0 Å². The molecule has 1 atom stereocenters. The van der Waals surface area contributed by atoms with E-state index in [1.807, 2.05) is 14.0 Å². The minimum Gasteiger partial charge on any atom is -0.497 e. The molecule has 18 heavy (non-hydrogen) atoms. The van der Waals surface area contributed by atoms with Crippen molar-refractivity contribution in [2.24, 2.45) is 0 Å². The standard InChI is InChI=1S/C13H20N2O3/c1-9(14-2)8-15-13(16)10-5-11(17-3)7-12(6-10)18-4/h5-7,9,14H,8H2,1-4H3,(H,15,16). The number of rotatable bonds is 6. The van der Waals surface area contributed by atoms with Crippen molar-refractivity contribution in [2.45, 2.75) is 13.0 Å². The van der Waals surface area contributed by atoms with E-state index in [-0.39, 0.29) is 11.9 Å². The molecule has 2 N–H and O–H groups in total. The van der Waals surface area contributed by atoms with Crippen molar-refractivity contribution in [2.75, 3.05) is 27.8 Å². The van der Waals surface area contributed by atoms with Crippen LogP contribution in [0.25, 0.3) is 0 Å². The highest BCUT2D eigenvalue weighted by molar-refractivity contribution is 5.95. The molecule has 0 bridgehead atoms. The predicted octanol–water partition coefficient (Wildman–Crippen LogP) is 1.04. The Hall–Kier alpha value is -1.75. The van der Waals surface area contributed by atoms with Crippen LogP contribution in [-0.4, -0.2) is 39.8 Å². The van der Waals surface area contributed by atoms with E-state index in [1.165, 1.54) is 0 Å². The Labute approximate surface area is 107 Å². The number of likely N-dealkylation sites (N-methyl/N-ethyl adjacent to an activating group) is 1. The van der Waals surface area contributed by atoms with Crippen molar-refractivity contribution >= 4 is 5.91 Å². The summed E-state index contributed by atoms with van der Waals surface area (Å²) >= 11 is 0. The Kier molecular flexibility index (Phi) is 5.45. The van der Waals surface area contributed by atoms with Gasteiger partial charge in [0.2, 0.25) is 0 Å². The summed E-state index contributed by atoms with van der Waals surface area (Å²) in [6.07, 6.45) is 0. The van der Waals surface area contributed by atoms with Crippen LogP contribution in [0.2, 0.25) is 0 Å². The highest BCUT2D eigenvalue weighted by Gasteiger charge is 2.10. The first kappa shape index (κ1) is 14.3. The van der Waals surface area contributed by atoms with Crippen LogP contribution >= 0.6 is 0 Å². The SMILES string of the molecule is CNC(C)CNC(=O)c1cc(OC)cc(OC)c1. The number of hydrogen-bond acceptors (Lipinski definition) is 4. The summed E-state index contributed by atoms with van der Waals surface area (Å²) < 4.78 is 10.2. The van der Waals surface area contributed by atoms with E-state index in [0.29, 0.717) is 23.6 Å². The molecule has 0 aliphatic rings. The lowest BCUT2D eigenvalue weighted by atomic mass is 10.2. The van der Waals surface area contributed by atoms with Crippen LogP contribution in [0, 0.1) is 0 Å². The largest absolute Gasteiger partial charge is 0.497 e. The van der Waals surface area contributed by atoms with E-state index in [2.05, 4.69) is 10.6 Å². The van der Waals surface area contributed by atoms with Gasteiger partial charge in [-0.15, -0.1) is 0 Å². The van der Waals surface area contributed by atoms with E-state index in [1.54, 1.807) is 32.4 Å². The van der Waals surface area contributed by atoms with E-state index in [0.717, 1.165) is 0 Å². The molecule has 1 aromatic carbocycles. The third-order valence-corrected chi connectivity index (χ3v) is 2.68. The van der Waals surface area contributed by atoms with Crippen LogP contribution in [0.3, 0.4) is 0 Å². The molecule has 0 aliphatic heterocycles. The molecule has 0 heterocycles. The van der Waals surface area contributed by atoms with Crippen LogP contribution in [0.4, 0.5) is 0 Å². The maximum atomic E-state index is 12.0. The second-order valence-corrected chi connectivity index (χ2v) is 4.00. The van der Waals surface area contributed by atoms with Gasteiger partial charge in [-0.2, -0.15) is 0 Å². The molecule has 100 valence electrons. The van der Waals surface area contributed by atoms with Crippen molar-refractivity contribution in [1.29, 1.82) is 0 Å². The number of carbonyl (C=O) groups excluding carboxylic acids is 1. The average Bonchev–Trinajstić information content (AvgIpc) is 2.43. The van der Waals surface area contributed by atoms with Crippen molar-refractivity contribution in [1.82, 2.24) is 10.6 Å². The first-order chi connectivity index (χ1) is 8.60. The number of ether oxygens (including phenoxy) is 2. The van der Waals surface area contributed by atoms with E-state index < -0.39 is 0 Å². The smallest absolute Gasteiger partial charge is 0.251 e. The van der Waals surface area contributed by atoms with Crippen LogP contribution in [0.15, 0.2) is 18.2 Å². The summed E-state index contributed by atoms with van der Waals surface area (Å²) in [5, 5.41) is 5.89. The van der Waals surface area contributed by atoms with Crippen molar-refractivity contribution < 1.29 is 14.3 Å². The normalized spacial score (nSPS) is 11.8. The highest BCUT2D eigenvalue weighted by atomic mass is 16.5. The van der Waals surface area contributed by atoms with Gasteiger partial charge < -0.3 is 20.1 Å². The van der Waals surface area contributed by atoms with Gasteiger partial charge in [-0.05, 0) is 26.1 Å². The third-order valence-electron chi connectivity index (χ3n) is 2.68. The van der Waals surface area contributed by atoms with Gasteiger partial charge in [-0.3, -0.25) is 4.79 Å². The Morgan fingerprint density at radius 3 is 2.22 bits per heavy atom. The lowest BCUT2D eigenvalue weighted by Gasteiger charge is -2.12. The minimum atomic E-state index is -0.144. The summed E-state index contributed by atoms with van der Waals surface area (Å²) in [7, 11) is 4.96. The summed E-state index contributed by atoms with van der Waals surface area (Å²) in [6.45, 7) is 2.56. The van der Waals surface area contributed by atoms with E-state index in [4.69, 9.17) is 9.47 Å². The van der Waals surface area contributed by atoms with E-state index in [9.17, 15) is 4.79 Å². The number of benzene rings is 1. The molecule has 0 aromatic heterocycles. The summed E-state index contributed by atoms with van der Waals surface area (Å²) in [4.78, 5) is 12.0.